The van der Waals surface area contributed by atoms with Gasteiger partial charge in [0.15, 0.2) is 5.96 Å². The van der Waals surface area contributed by atoms with Crippen molar-refractivity contribution >= 4 is 5.96 Å². The average molecular weight is 442 g/mol. The lowest BCUT2D eigenvalue weighted by atomic mass is 9.74. The molecule has 0 radical (unpaired) electrons. The normalized spacial score (nSPS) is 15.7. The first-order chi connectivity index (χ1) is 15.6. The summed E-state index contributed by atoms with van der Waals surface area (Å²) in [7, 11) is 5.00. The number of methoxy groups -OCH3 is 3. The van der Waals surface area contributed by atoms with Crippen LogP contribution in [0.3, 0.4) is 0 Å². The van der Waals surface area contributed by atoms with Gasteiger partial charge in [-0.3, -0.25) is 0 Å². The zero-order chi connectivity index (χ0) is 22.8. The van der Waals surface area contributed by atoms with Crippen LogP contribution in [-0.2, 0) is 16.7 Å². The number of benzene rings is 2. The van der Waals surface area contributed by atoms with Crippen molar-refractivity contribution in [1.82, 2.24) is 10.6 Å². The van der Waals surface area contributed by atoms with E-state index in [9.17, 15) is 0 Å². The number of guanidine groups is 1. The highest BCUT2D eigenvalue weighted by Crippen LogP contribution is 2.35. The van der Waals surface area contributed by atoms with Gasteiger partial charge >= 0.3 is 0 Å². The number of hydrogen-bond acceptors (Lipinski definition) is 5. The van der Waals surface area contributed by atoms with Gasteiger partial charge in [0.05, 0.1) is 27.9 Å². The molecule has 32 heavy (non-hydrogen) atoms. The Balaban J connectivity index is 1.76. The van der Waals surface area contributed by atoms with Crippen LogP contribution in [-0.4, -0.2) is 53.6 Å². The Morgan fingerprint density at radius 1 is 0.938 bits per heavy atom. The van der Waals surface area contributed by atoms with E-state index in [1.807, 2.05) is 30.3 Å². The van der Waals surface area contributed by atoms with E-state index >= 15 is 0 Å². The molecule has 1 saturated heterocycles. The Kier molecular flexibility index (Phi) is 8.62. The predicted molar refractivity (Wildman–Crippen MR) is 127 cm³/mol. The highest BCUT2D eigenvalue weighted by atomic mass is 16.5. The molecule has 2 N–H and O–H groups in total. The Labute approximate surface area is 191 Å². The number of rotatable bonds is 9. The van der Waals surface area contributed by atoms with Gasteiger partial charge in [0.2, 0.25) is 0 Å². The fourth-order valence-corrected chi connectivity index (χ4v) is 4.02. The van der Waals surface area contributed by atoms with Crippen LogP contribution < -0.4 is 24.8 Å². The Hall–Kier alpha value is -2.93. The maximum Gasteiger partial charge on any atom is 0.191 e. The molecule has 2 aromatic carbocycles. The molecule has 0 aromatic heterocycles. The molecule has 7 nitrogen and oxygen atoms in total. The summed E-state index contributed by atoms with van der Waals surface area (Å²) < 4.78 is 21.8. The smallest absolute Gasteiger partial charge is 0.191 e. The minimum absolute atomic E-state index is 0.0154. The Bertz CT molecular complexity index is 877. The van der Waals surface area contributed by atoms with Gasteiger partial charge in [-0.25, -0.2) is 4.99 Å². The molecule has 174 valence electrons. The highest BCUT2D eigenvalue weighted by molar-refractivity contribution is 5.80. The van der Waals surface area contributed by atoms with E-state index in [4.69, 9.17) is 23.9 Å². The number of nitrogens with one attached hydrogen (secondary N) is 2. The van der Waals surface area contributed by atoms with Crippen molar-refractivity contribution in [2.24, 2.45) is 4.99 Å². The Morgan fingerprint density at radius 3 is 2.25 bits per heavy atom. The van der Waals surface area contributed by atoms with Gasteiger partial charge in [0.25, 0.3) is 0 Å². The summed E-state index contributed by atoms with van der Waals surface area (Å²) in [6.07, 6.45) is 1.91. The van der Waals surface area contributed by atoms with Crippen LogP contribution in [0.5, 0.6) is 17.2 Å². The monoisotopic (exact) mass is 441 g/mol. The van der Waals surface area contributed by atoms with Crippen LogP contribution in [0, 0.1) is 0 Å². The van der Waals surface area contributed by atoms with Gasteiger partial charge < -0.3 is 29.6 Å². The van der Waals surface area contributed by atoms with Crippen molar-refractivity contribution in [1.29, 1.82) is 0 Å². The maximum atomic E-state index is 5.67. The van der Waals surface area contributed by atoms with E-state index in [2.05, 4.69) is 29.7 Å². The summed E-state index contributed by atoms with van der Waals surface area (Å²) in [5.74, 6) is 3.18. The number of ether oxygens (including phenoxy) is 4. The fourth-order valence-electron chi connectivity index (χ4n) is 4.02. The molecule has 0 unspecified atom stereocenters. The molecule has 0 amide bonds. The second kappa shape index (κ2) is 11.6. The molecule has 0 bridgehead atoms. The van der Waals surface area contributed by atoms with Crippen molar-refractivity contribution in [2.75, 3.05) is 47.6 Å². The number of aliphatic imine (C=N–C) groups is 1. The molecule has 0 aliphatic carbocycles. The molecule has 0 saturated carbocycles. The van der Waals surface area contributed by atoms with Gasteiger partial charge in [-0.1, -0.05) is 12.1 Å². The van der Waals surface area contributed by atoms with Crippen LogP contribution in [0.25, 0.3) is 0 Å². The third-order valence-electron chi connectivity index (χ3n) is 5.99. The van der Waals surface area contributed by atoms with Crippen LogP contribution in [0.2, 0.25) is 0 Å². The molecule has 2 aromatic rings. The molecule has 1 fully saturated rings. The molecule has 7 heteroatoms. The van der Waals surface area contributed by atoms with E-state index in [0.29, 0.717) is 6.54 Å². The minimum Gasteiger partial charge on any atom is -0.497 e. The summed E-state index contributed by atoms with van der Waals surface area (Å²) in [5, 5.41) is 6.94. The SMILES string of the molecule is CCNC(=NCc1ccc(OC)cc1OC)NCC1(c2ccc(OC)cc2)CCOCC1. The minimum atomic E-state index is -0.0154. The molecule has 0 atom stereocenters. The van der Waals surface area contributed by atoms with Crippen LogP contribution >= 0.6 is 0 Å². The lowest BCUT2D eigenvalue weighted by Crippen LogP contribution is -2.48. The fraction of sp³-hybridized carbons (Fsp3) is 0.480. The van der Waals surface area contributed by atoms with Crippen molar-refractivity contribution in [3.05, 3.63) is 53.6 Å². The third kappa shape index (κ3) is 5.85. The van der Waals surface area contributed by atoms with E-state index in [-0.39, 0.29) is 5.41 Å². The first-order valence-corrected chi connectivity index (χ1v) is 11.1. The Morgan fingerprint density at radius 2 is 1.62 bits per heavy atom. The molecule has 0 spiro atoms. The highest BCUT2D eigenvalue weighted by Gasteiger charge is 2.34. The van der Waals surface area contributed by atoms with E-state index in [0.717, 1.165) is 67.9 Å². The zero-order valence-electron chi connectivity index (χ0n) is 19.6. The van der Waals surface area contributed by atoms with Gasteiger partial charge in [-0.15, -0.1) is 0 Å². The van der Waals surface area contributed by atoms with Gasteiger partial charge in [0, 0.05) is 43.3 Å². The van der Waals surface area contributed by atoms with E-state index in [1.165, 1.54) is 5.56 Å². The first kappa shape index (κ1) is 23.7. The predicted octanol–water partition coefficient (Wildman–Crippen LogP) is 3.52. The molecule has 1 heterocycles. The molecule has 1 aliphatic rings. The number of hydrogen-bond donors (Lipinski definition) is 2. The summed E-state index contributed by atoms with van der Waals surface area (Å²) in [6, 6.07) is 14.2. The number of nitrogens with zero attached hydrogens (tertiary/aromatic N) is 1. The third-order valence-corrected chi connectivity index (χ3v) is 5.99. The molecular weight excluding hydrogens is 406 g/mol. The summed E-state index contributed by atoms with van der Waals surface area (Å²) in [4.78, 5) is 4.81. The van der Waals surface area contributed by atoms with Crippen LogP contribution in [0.15, 0.2) is 47.5 Å². The summed E-state index contributed by atoms with van der Waals surface area (Å²) in [6.45, 7) is 5.63. The molecular formula is C25H35N3O4. The average Bonchev–Trinajstić information content (AvgIpc) is 2.86. The second-order valence-corrected chi connectivity index (χ2v) is 7.85. The molecule has 3 rings (SSSR count). The van der Waals surface area contributed by atoms with Crippen molar-refractivity contribution in [3.63, 3.8) is 0 Å². The van der Waals surface area contributed by atoms with Gasteiger partial charge in [-0.05, 0) is 49.6 Å². The van der Waals surface area contributed by atoms with Crippen molar-refractivity contribution < 1.29 is 18.9 Å². The maximum absolute atomic E-state index is 5.67. The van der Waals surface area contributed by atoms with Gasteiger partial charge in [-0.2, -0.15) is 0 Å². The van der Waals surface area contributed by atoms with Crippen molar-refractivity contribution in [2.45, 2.75) is 31.7 Å². The first-order valence-electron chi connectivity index (χ1n) is 11.1. The topological polar surface area (TPSA) is 73.3 Å². The van der Waals surface area contributed by atoms with Crippen molar-refractivity contribution in [3.8, 4) is 17.2 Å². The van der Waals surface area contributed by atoms with E-state index in [1.54, 1.807) is 21.3 Å². The lowest BCUT2D eigenvalue weighted by molar-refractivity contribution is 0.0513. The second-order valence-electron chi connectivity index (χ2n) is 7.85. The van der Waals surface area contributed by atoms with Crippen LogP contribution in [0.1, 0.15) is 30.9 Å². The lowest BCUT2D eigenvalue weighted by Gasteiger charge is -2.38. The largest absolute Gasteiger partial charge is 0.497 e. The zero-order valence-corrected chi connectivity index (χ0v) is 19.6. The quantitative estimate of drug-likeness (QED) is 0.458. The molecule has 1 aliphatic heterocycles. The van der Waals surface area contributed by atoms with E-state index < -0.39 is 0 Å². The van der Waals surface area contributed by atoms with Gasteiger partial charge in [0.1, 0.15) is 17.2 Å². The summed E-state index contributed by atoms with van der Waals surface area (Å²) in [5.41, 5.74) is 2.28. The standard InChI is InChI=1S/C25H35N3O4/c1-5-26-24(27-17-19-6-9-22(30-3)16-23(19)31-4)28-18-25(12-14-32-15-13-25)20-7-10-21(29-2)11-8-20/h6-11,16H,5,12-15,17-18H2,1-4H3,(H2,26,27,28). The van der Waals surface area contributed by atoms with Crippen LogP contribution in [0.4, 0.5) is 0 Å². The summed E-state index contributed by atoms with van der Waals surface area (Å²) >= 11 is 0.